The van der Waals surface area contributed by atoms with E-state index < -0.39 is 24.3 Å². The van der Waals surface area contributed by atoms with Gasteiger partial charge in [-0.15, -0.1) is 0 Å². The van der Waals surface area contributed by atoms with Gasteiger partial charge in [-0.25, -0.2) is 4.79 Å². The summed E-state index contributed by atoms with van der Waals surface area (Å²) < 4.78 is 23.0. The largest absolute Gasteiger partial charge is 0.477 e. The normalized spacial score (nSPS) is 13.0. The summed E-state index contributed by atoms with van der Waals surface area (Å²) in [6.07, 6.45) is 73.6. The highest BCUT2D eigenvalue weighted by molar-refractivity contribution is 5.71. The molecular formula is C69H128NO8+. The maximum atomic E-state index is 12.9. The van der Waals surface area contributed by atoms with Crippen molar-refractivity contribution in [2.75, 3.05) is 47.5 Å². The van der Waals surface area contributed by atoms with E-state index >= 15 is 0 Å². The highest BCUT2D eigenvalue weighted by Gasteiger charge is 2.25. The first-order valence-corrected chi connectivity index (χ1v) is 33.3. The molecule has 0 bridgehead atoms. The molecule has 0 radical (unpaired) electrons. The van der Waals surface area contributed by atoms with Crippen molar-refractivity contribution < 1.29 is 42.9 Å². The molecule has 0 aliphatic rings. The van der Waals surface area contributed by atoms with Crippen molar-refractivity contribution in [3.63, 3.8) is 0 Å². The van der Waals surface area contributed by atoms with E-state index in [0.717, 1.165) is 64.2 Å². The summed E-state index contributed by atoms with van der Waals surface area (Å²) in [5.41, 5.74) is 0. The number of nitrogens with zero attached hydrogens (tertiary/aromatic N) is 1. The van der Waals surface area contributed by atoms with E-state index in [4.69, 9.17) is 18.9 Å². The number of likely N-dealkylation sites (N-methyl/N-ethyl adjacent to an activating group) is 1. The molecule has 0 spiro atoms. The van der Waals surface area contributed by atoms with Gasteiger partial charge in [0.25, 0.3) is 6.29 Å². The number of unbranched alkanes of at least 4 members (excludes halogenated alkanes) is 39. The molecule has 0 aliphatic heterocycles. The number of carbonyl (C=O) groups excluding carboxylic acids is 2. The molecule has 2 unspecified atom stereocenters. The first-order chi connectivity index (χ1) is 38.1. The SMILES string of the molecule is CC/C=C\C/C=C\C/C=C\C/C=C\CCCCCCCCCCCCCCCCC(=O)OC(COC(=O)CCCCCCCCCCCCCCCCCCCCCCCCCCCC)COC(OCC[N+](C)(C)C)C(=O)O. The van der Waals surface area contributed by atoms with Crippen molar-refractivity contribution in [1.29, 1.82) is 0 Å². The van der Waals surface area contributed by atoms with Gasteiger partial charge in [-0.05, 0) is 51.4 Å². The molecule has 0 saturated carbocycles. The van der Waals surface area contributed by atoms with Crippen LogP contribution in [0.1, 0.15) is 316 Å². The van der Waals surface area contributed by atoms with E-state index in [1.165, 1.54) is 225 Å². The van der Waals surface area contributed by atoms with Crippen molar-refractivity contribution in [3.05, 3.63) is 48.6 Å². The van der Waals surface area contributed by atoms with Crippen molar-refractivity contribution in [2.45, 2.75) is 328 Å². The van der Waals surface area contributed by atoms with Crippen LogP contribution in [0.5, 0.6) is 0 Å². The zero-order chi connectivity index (χ0) is 56.9. The Morgan fingerprint density at radius 1 is 0.397 bits per heavy atom. The fourth-order valence-electron chi connectivity index (χ4n) is 9.77. The molecule has 0 heterocycles. The number of hydrogen-bond donors (Lipinski definition) is 1. The third-order valence-corrected chi connectivity index (χ3v) is 14.8. The Hall–Kier alpha value is -2.75. The topological polar surface area (TPSA) is 108 Å². The van der Waals surface area contributed by atoms with Crippen molar-refractivity contribution >= 4 is 17.9 Å². The Morgan fingerprint density at radius 2 is 0.731 bits per heavy atom. The van der Waals surface area contributed by atoms with Gasteiger partial charge in [-0.1, -0.05) is 300 Å². The zero-order valence-electron chi connectivity index (χ0n) is 52.1. The minimum absolute atomic E-state index is 0.178. The summed E-state index contributed by atoms with van der Waals surface area (Å²) >= 11 is 0. The molecular weight excluding hydrogens is 971 g/mol. The lowest BCUT2D eigenvalue weighted by Gasteiger charge is -2.25. The Kier molecular flexibility index (Phi) is 58.2. The Bertz CT molecular complexity index is 1420. The smallest absolute Gasteiger partial charge is 0.361 e. The average molecular weight is 1100 g/mol. The molecule has 0 saturated heterocycles. The molecule has 1 N–H and O–H groups in total. The second-order valence-electron chi connectivity index (χ2n) is 23.8. The molecule has 0 amide bonds. The van der Waals surface area contributed by atoms with Crippen LogP contribution < -0.4 is 0 Å². The fourth-order valence-corrected chi connectivity index (χ4v) is 9.77. The summed E-state index contributed by atoms with van der Waals surface area (Å²) in [6.45, 7) is 4.82. The summed E-state index contributed by atoms with van der Waals surface area (Å²) in [7, 11) is 5.98. The van der Waals surface area contributed by atoms with Gasteiger partial charge < -0.3 is 28.5 Å². The quantitative estimate of drug-likeness (QED) is 0.0211. The monoisotopic (exact) mass is 1100 g/mol. The van der Waals surface area contributed by atoms with E-state index in [1.807, 2.05) is 21.1 Å². The number of carboxylic acids is 1. The van der Waals surface area contributed by atoms with E-state index in [-0.39, 0.29) is 32.2 Å². The Balaban J connectivity index is 4.12. The molecule has 0 fully saturated rings. The molecule has 0 aromatic rings. The second-order valence-corrected chi connectivity index (χ2v) is 23.8. The van der Waals surface area contributed by atoms with Gasteiger partial charge in [0.15, 0.2) is 6.10 Å². The van der Waals surface area contributed by atoms with Crippen LogP contribution in [0.4, 0.5) is 0 Å². The van der Waals surface area contributed by atoms with Gasteiger partial charge in [-0.2, -0.15) is 0 Å². The standard InChI is InChI=1S/C69H127NO8/c1-6-8-10-12-14-16-18-20-22-24-26-28-30-32-34-36-38-40-42-44-46-48-50-52-54-56-58-60-67(72)78-65(64-77-69(68(73)74)75-62-61-70(3,4)5)63-76-66(71)59-57-55-53-51-49-47-45-43-41-39-37-35-33-31-29-27-25-23-21-19-17-15-13-11-9-7-2/h8,10,14,16,20,22,26,28,65,69H,6-7,9,11-13,15,17-19,21,23-25,27,29-64H2,1-5H3/p+1/b10-8-,16-14-,22-20-,28-26-. The third kappa shape index (κ3) is 60.9. The molecule has 0 aromatic heterocycles. The Labute approximate surface area is 482 Å². The van der Waals surface area contributed by atoms with Gasteiger partial charge in [0, 0.05) is 12.8 Å². The van der Waals surface area contributed by atoms with E-state index in [9.17, 15) is 19.5 Å². The summed E-state index contributed by atoms with van der Waals surface area (Å²) in [4.78, 5) is 37.6. The molecule has 2 atom stereocenters. The minimum Gasteiger partial charge on any atom is -0.477 e. The number of quaternary nitrogens is 1. The number of carbonyl (C=O) groups is 3. The lowest BCUT2D eigenvalue weighted by atomic mass is 10.0. The van der Waals surface area contributed by atoms with Crippen LogP contribution in [0.2, 0.25) is 0 Å². The van der Waals surface area contributed by atoms with E-state index in [1.54, 1.807) is 0 Å². The second kappa shape index (κ2) is 60.3. The maximum absolute atomic E-state index is 12.9. The summed E-state index contributed by atoms with van der Waals surface area (Å²) in [5.74, 6) is -1.98. The predicted octanol–water partition coefficient (Wildman–Crippen LogP) is 20.2. The van der Waals surface area contributed by atoms with Crippen LogP contribution in [-0.4, -0.2) is 87.4 Å². The molecule has 78 heavy (non-hydrogen) atoms. The first kappa shape index (κ1) is 75.2. The summed E-state index contributed by atoms with van der Waals surface area (Å²) in [5, 5.41) is 9.73. The van der Waals surface area contributed by atoms with Gasteiger partial charge in [0.2, 0.25) is 0 Å². The van der Waals surface area contributed by atoms with Gasteiger partial charge in [-0.3, -0.25) is 9.59 Å². The molecule has 456 valence electrons. The average Bonchev–Trinajstić information content (AvgIpc) is 3.41. The Morgan fingerprint density at radius 3 is 1.09 bits per heavy atom. The summed E-state index contributed by atoms with van der Waals surface area (Å²) in [6, 6.07) is 0. The zero-order valence-corrected chi connectivity index (χ0v) is 52.1. The third-order valence-electron chi connectivity index (χ3n) is 14.8. The molecule has 0 rings (SSSR count). The number of ether oxygens (including phenoxy) is 4. The highest BCUT2D eigenvalue weighted by atomic mass is 16.7. The molecule has 0 aliphatic carbocycles. The van der Waals surface area contributed by atoms with Crippen molar-refractivity contribution in [2.24, 2.45) is 0 Å². The number of esters is 2. The molecule has 9 heteroatoms. The number of rotatable bonds is 62. The van der Waals surface area contributed by atoms with Gasteiger partial charge in [0.05, 0.1) is 34.4 Å². The number of allylic oxidation sites excluding steroid dienone is 8. The van der Waals surface area contributed by atoms with Crippen molar-refractivity contribution in [3.8, 4) is 0 Å². The maximum Gasteiger partial charge on any atom is 0.361 e. The predicted molar refractivity (Wildman–Crippen MR) is 332 cm³/mol. The first-order valence-electron chi connectivity index (χ1n) is 33.3. The fraction of sp³-hybridized carbons (Fsp3) is 0.841. The van der Waals surface area contributed by atoms with Crippen LogP contribution >= 0.6 is 0 Å². The van der Waals surface area contributed by atoms with Crippen LogP contribution in [0, 0.1) is 0 Å². The van der Waals surface area contributed by atoms with Gasteiger partial charge in [0.1, 0.15) is 13.2 Å². The highest BCUT2D eigenvalue weighted by Crippen LogP contribution is 2.18. The number of hydrogen-bond acceptors (Lipinski definition) is 7. The van der Waals surface area contributed by atoms with Crippen LogP contribution in [0.15, 0.2) is 48.6 Å². The van der Waals surface area contributed by atoms with Crippen molar-refractivity contribution in [1.82, 2.24) is 0 Å². The molecule has 0 aromatic carbocycles. The van der Waals surface area contributed by atoms with Crippen LogP contribution in [0.25, 0.3) is 0 Å². The number of carboxylic acid groups (broad SMARTS) is 1. The van der Waals surface area contributed by atoms with Crippen LogP contribution in [0.3, 0.4) is 0 Å². The van der Waals surface area contributed by atoms with Gasteiger partial charge >= 0.3 is 17.9 Å². The molecule has 9 nitrogen and oxygen atoms in total. The van der Waals surface area contributed by atoms with Crippen LogP contribution in [-0.2, 0) is 33.3 Å². The number of aliphatic carboxylic acids is 1. The minimum atomic E-state index is -1.51. The van der Waals surface area contributed by atoms with E-state index in [2.05, 4.69) is 62.5 Å². The lowest BCUT2D eigenvalue weighted by Crippen LogP contribution is -2.40. The lowest BCUT2D eigenvalue weighted by molar-refractivity contribution is -0.870. The van der Waals surface area contributed by atoms with E-state index in [0.29, 0.717) is 17.4 Å².